The summed E-state index contributed by atoms with van der Waals surface area (Å²) in [6.45, 7) is 10.3. The number of aliphatic imine (C=N–C) groups is 1. The summed E-state index contributed by atoms with van der Waals surface area (Å²) in [6, 6.07) is 12.5. The van der Waals surface area contributed by atoms with Crippen molar-refractivity contribution in [2.24, 2.45) is 16.8 Å². The molecule has 2 aliphatic rings. The Labute approximate surface area is 165 Å². The lowest BCUT2D eigenvalue weighted by molar-refractivity contribution is 0.0623. The first-order chi connectivity index (χ1) is 12.9. The van der Waals surface area contributed by atoms with E-state index in [1.54, 1.807) is 11.8 Å². The van der Waals surface area contributed by atoms with E-state index in [1.165, 1.54) is 22.4 Å². The van der Waals surface area contributed by atoms with Gasteiger partial charge in [0.05, 0.1) is 5.69 Å². The molecule has 27 heavy (non-hydrogen) atoms. The van der Waals surface area contributed by atoms with Gasteiger partial charge in [0.25, 0.3) is 5.91 Å². The minimum Gasteiger partial charge on any atom is -0.338 e. The van der Waals surface area contributed by atoms with Crippen LogP contribution in [-0.4, -0.2) is 29.6 Å². The molecule has 0 spiro atoms. The summed E-state index contributed by atoms with van der Waals surface area (Å²) in [5, 5.41) is 0. The minimum absolute atomic E-state index is 0.131. The molecule has 0 radical (unpaired) electrons. The van der Waals surface area contributed by atoms with Crippen molar-refractivity contribution in [3.63, 3.8) is 0 Å². The monoisotopic (exact) mass is 378 g/mol. The number of aryl methyl sites for hydroxylation is 1. The third-order valence-corrected chi connectivity index (χ3v) is 6.54. The predicted molar refractivity (Wildman–Crippen MR) is 112 cm³/mol. The molecule has 0 saturated carbocycles. The molecule has 1 fully saturated rings. The Bertz CT molecular complexity index is 924. The molecule has 0 aromatic heterocycles. The second-order valence-corrected chi connectivity index (χ2v) is 9.22. The van der Waals surface area contributed by atoms with Crippen LogP contribution in [-0.2, 0) is 0 Å². The summed E-state index contributed by atoms with van der Waals surface area (Å²) in [4.78, 5) is 22.3. The van der Waals surface area contributed by atoms with Crippen LogP contribution in [0.15, 0.2) is 51.2 Å². The van der Waals surface area contributed by atoms with Crippen molar-refractivity contribution in [3.05, 3.63) is 53.1 Å². The zero-order valence-corrected chi connectivity index (χ0v) is 17.3. The molecule has 0 unspecified atom stereocenters. The van der Waals surface area contributed by atoms with Crippen LogP contribution in [0, 0.1) is 18.8 Å². The van der Waals surface area contributed by atoms with Crippen LogP contribution in [0.1, 0.15) is 48.7 Å². The third-order valence-electron chi connectivity index (χ3n) is 5.39. The van der Waals surface area contributed by atoms with E-state index >= 15 is 0 Å². The lowest BCUT2D eigenvalue weighted by Gasteiger charge is -2.35. The van der Waals surface area contributed by atoms with Crippen molar-refractivity contribution in [3.8, 4) is 0 Å². The Morgan fingerprint density at radius 3 is 2.48 bits per heavy atom. The molecule has 0 aliphatic carbocycles. The Kier molecular flexibility index (Phi) is 4.85. The second kappa shape index (κ2) is 7.16. The van der Waals surface area contributed by atoms with Gasteiger partial charge in [-0.05, 0) is 62.4 Å². The normalized spacial score (nSPS) is 21.8. The molecule has 1 saturated heterocycles. The van der Waals surface area contributed by atoms with Gasteiger partial charge in [-0.2, -0.15) is 0 Å². The first-order valence-electron chi connectivity index (χ1n) is 9.68. The van der Waals surface area contributed by atoms with Gasteiger partial charge in [0, 0.05) is 39.7 Å². The van der Waals surface area contributed by atoms with Gasteiger partial charge < -0.3 is 4.90 Å². The molecule has 2 atom stereocenters. The molecule has 140 valence electrons. The van der Waals surface area contributed by atoms with Crippen LogP contribution < -0.4 is 0 Å². The van der Waals surface area contributed by atoms with Gasteiger partial charge in [0.1, 0.15) is 0 Å². The van der Waals surface area contributed by atoms with Crippen LogP contribution in [0.4, 0.5) is 5.69 Å². The van der Waals surface area contributed by atoms with Crippen LogP contribution in [0.5, 0.6) is 0 Å². The average Bonchev–Trinajstić information content (AvgIpc) is 2.75. The minimum atomic E-state index is 0.131. The summed E-state index contributed by atoms with van der Waals surface area (Å²) < 4.78 is 0. The Hall–Kier alpha value is -2.07. The Morgan fingerprint density at radius 1 is 1.04 bits per heavy atom. The first-order valence-corrected chi connectivity index (χ1v) is 10.5. The molecule has 0 N–H and O–H groups in total. The number of fused-ring (bicyclic) bond motifs is 2. The molecular weight excluding hydrogens is 352 g/mol. The first kappa shape index (κ1) is 18.3. The number of carbonyl (C=O) groups is 1. The largest absolute Gasteiger partial charge is 0.338 e. The van der Waals surface area contributed by atoms with E-state index in [9.17, 15) is 4.79 Å². The second-order valence-electron chi connectivity index (χ2n) is 8.14. The van der Waals surface area contributed by atoms with Gasteiger partial charge >= 0.3 is 0 Å². The summed E-state index contributed by atoms with van der Waals surface area (Å²) in [5.74, 6) is 1.26. The van der Waals surface area contributed by atoms with Crippen molar-refractivity contribution in [1.29, 1.82) is 0 Å². The van der Waals surface area contributed by atoms with E-state index < -0.39 is 0 Å². The summed E-state index contributed by atoms with van der Waals surface area (Å²) in [6.07, 6.45) is 1.20. The number of nitrogens with zero attached hydrogens (tertiary/aromatic N) is 2. The molecule has 2 aromatic carbocycles. The number of rotatable bonds is 1. The fraction of sp³-hybridized carbons (Fsp3) is 0.391. The van der Waals surface area contributed by atoms with Crippen molar-refractivity contribution in [2.45, 2.75) is 43.9 Å². The van der Waals surface area contributed by atoms with Crippen LogP contribution in [0.25, 0.3) is 0 Å². The van der Waals surface area contributed by atoms with Crippen LogP contribution in [0.2, 0.25) is 0 Å². The van der Waals surface area contributed by atoms with E-state index in [4.69, 9.17) is 4.99 Å². The number of likely N-dealkylation sites (tertiary alicyclic amines) is 1. The zero-order chi connectivity index (χ0) is 19.1. The number of piperidine rings is 1. The van der Waals surface area contributed by atoms with Gasteiger partial charge in [0.15, 0.2) is 0 Å². The number of hydrogen-bond acceptors (Lipinski definition) is 3. The average molecular weight is 379 g/mol. The highest BCUT2D eigenvalue weighted by molar-refractivity contribution is 7.99. The van der Waals surface area contributed by atoms with Gasteiger partial charge in [-0.3, -0.25) is 9.79 Å². The van der Waals surface area contributed by atoms with Gasteiger partial charge in [-0.1, -0.05) is 37.2 Å². The van der Waals surface area contributed by atoms with E-state index in [1.807, 2.05) is 17.0 Å². The number of benzene rings is 2. The molecule has 1 amide bonds. The van der Waals surface area contributed by atoms with Gasteiger partial charge in [-0.15, -0.1) is 0 Å². The maximum atomic E-state index is 13.1. The maximum Gasteiger partial charge on any atom is 0.253 e. The highest BCUT2D eigenvalue weighted by Gasteiger charge is 2.27. The Balaban J connectivity index is 1.67. The SMILES string of the molecule is CC1=Nc2cc(C(=O)N3C[C@H](C)C[C@H](C)C3)ccc2Sc2ccc(C)cc21. The van der Waals surface area contributed by atoms with Gasteiger partial charge in [-0.25, -0.2) is 0 Å². The molecule has 2 heterocycles. The highest BCUT2D eigenvalue weighted by Crippen LogP contribution is 2.41. The number of hydrogen-bond donors (Lipinski definition) is 0. The lowest BCUT2D eigenvalue weighted by atomic mass is 9.91. The van der Waals surface area contributed by atoms with Crippen molar-refractivity contribution in [1.82, 2.24) is 4.90 Å². The van der Waals surface area contributed by atoms with Gasteiger partial charge in [0.2, 0.25) is 0 Å². The molecule has 2 aromatic rings. The topological polar surface area (TPSA) is 32.7 Å². The summed E-state index contributed by atoms with van der Waals surface area (Å²) in [5.41, 5.74) is 5.07. The van der Waals surface area contributed by atoms with Crippen molar-refractivity contribution < 1.29 is 4.79 Å². The summed E-state index contributed by atoms with van der Waals surface area (Å²) >= 11 is 1.73. The molecule has 0 bridgehead atoms. The zero-order valence-electron chi connectivity index (χ0n) is 16.5. The van der Waals surface area contributed by atoms with Crippen LogP contribution in [0.3, 0.4) is 0 Å². The quantitative estimate of drug-likeness (QED) is 0.636. The third kappa shape index (κ3) is 3.68. The standard InChI is InChI=1S/C23H26N2OS/c1-14-5-7-21-19(10-14)17(4)24-20-11-18(6-8-22(20)27-21)23(26)25-12-15(2)9-16(3)13-25/h5-8,10-11,15-16H,9,12-13H2,1-4H3/t15-,16+. The lowest BCUT2D eigenvalue weighted by Crippen LogP contribution is -2.42. The number of amides is 1. The van der Waals surface area contributed by atoms with E-state index in [2.05, 4.69) is 52.0 Å². The molecule has 4 rings (SSSR count). The Morgan fingerprint density at radius 2 is 1.74 bits per heavy atom. The fourth-order valence-electron chi connectivity index (χ4n) is 4.21. The van der Waals surface area contributed by atoms with E-state index in [0.717, 1.165) is 34.9 Å². The highest BCUT2D eigenvalue weighted by atomic mass is 32.2. The predicted octanol–water partition coefficient (Wildman–Crippen LogP) is 5.72. The molecular formula is C23H26N2OS. The van der Waals surface area contributed by atoms with Crippen molar-refractivity contribution >= 4 is 29.1 Å². The molecule has 4 heteroatoms. The van der Waals surface area contributed by atoms with Crippen LogP contribution >= 0.6 is 11.8 Å². The molecule has 2 aliphatic heterocycles. The summed E-state index contributed by atoms with van der Waals surface area (Å²) in [7, 11) is 0. The van der Waals surface area contributed by atoms with E-state index in [0.29, 0.717) is 11.8 Å². The molecule has 3 nitrogen and oxygen atoms in total. The van der Waals surface area contributed by atoms with Crippen molar-refractivity contribution in [2.75, 3.05) is 13.1 Å². The maximum absolute atomic E-state index is 13.1. The number of carbonyl (C=O) groups excluding carboxylic acids is 1. The smallest absolute Gasteiger partial charge is 0.253 e. The van der Waals surface area contributed by atoms with E-state index in [-0.39, 0.29) is 5.91 Å². The fourth-order valence-corrected chi connectivity index (χ4v) is 5.25.